The molecule has 0 aliphatic heterocycles. The van der Waals surface area contributed by atoms with E-state index in [0.29, 0.717) is 15.8 Å². The molecule has 0 N–H and O–H groups in total. The van der Waals surface area contributed by atoms with Gasteiger partial charge in [0.2, 0.25) is 11.5 Å². The number of benzene rings is 2. The highest BCUT2D eigenvalue weighted by Crippen LogP contribution is 2.52. The average molecular weight is 465 g/mol. The SMILES string of the molecule is CCOc1c(OCC)c(OC(=O)C(C)(C)C)c2cc(Cl)ccc2c1OC(=O)CC(C)(C)C. The van der Waals surface area contributed by atoms with E-state index < -0.39 is 17.4 Å². The molecule has 2 rings (SSSR count). The highest BCUT2D eigenvalue weighted by Gasteiger charge is 2.31. The first-order valence-electron chi connectivity index (χ1n) is 10.8. The molecule has 2 aromatic carbocycles. The van der Waals surface area contributed by atoms with Gasteiger partial charge in [0.25, 0.3) is 0 Å². The summed E-state index contributed by atoms with van der Waals surface area (Å²) in [6.07, 6.45) is 0.207. The fraction of sp³-hybridized carbons (Fsp3) is 0.520. The Morgan fingerprint density at radius 2 is 1.34 bits per heavy atom. The number of hydrogen-bond acceptors (Lipinski definition) is 6. The van der Waals surface area contributed by atoms with Crippen LogP contribution in [0, 0.1) is 10.8 Å². The van der Waals surface area contributed by atoms with Crippen LogP contribution < -0.4 is 18.9 Å². The van der Waals surface area contributed by atoms with Crippen LogP contribution in [-0.2, 0) is 9.59 Å². The van der Waals surface area contributed by atoms with Crippen LogP contribution in [0.5, 0.6) is 23.0 Å². The number of carbonyl (C=O) groups excluding carboxylic acids is 2. The Kier molecular flexibility index (Phi) is 8.05. The van der Waals surface area contributed by atoms with Crippen molar-refractivity contribution in [3.8, 4) is 23.0 Å². The predicted octanol–water partition coefficient (Wildman–Crippen LogP) is 6.58. The summed E-state index contributed by atoms with van der Waals surface area (Å²) in [5.41, 5.74) is -1.01. The Hall–Kier alpha value is -2.47. The fourth-order valence-corrected chi connectivity index (χ4v) is 3.11. The van der Waals surface area contributed by atoms with Crippen LogP contribution in [0.4, 0.5) is 0 Å². The third-order valence-corrected chi connectivity index (χ3v) is 4.60. The third-order valence-electron chi connectivity index (χ3n) is 4.36. The molecular weight excluding hydrogens is 432 g/mol. The number of hydrogen-bond donors (Lipinski definition) is 0. The van der Waals surface area contributed by atoms with Gasteiger partial charge in [-0.25, -0.2) is 0 Å². The molecule has 0 saturated carbocycles. The summed E-state index contributed by atoms with van der Waals surface area (Å²) in [4.78, 5) is 25.5. The number of rotatable bonds is 7. The highest BCUT2D eigenvalue weighted by molar-refractivity contribution is 6.31. The van der Waals surface area contributed by atoms with Crippen molar-refractivity contribution in [1.29, 1.82) is 0 Å². The first-order valence-corrected chi connectivity index (χ1v) is 11.1. The maximum Gasteiger partial charge on any atom is 0.316 e. The first kappa shape index (κ1) is 25.8. The lowest BCUT2D eigenvalue weighted by Crippen LogP contribution is -2.26. The van der Waals surface area contributed by atoms with Gasteiger partial charge < -0.3 is 18.9 Å². The molecule has 176 valence electrons. The topological polar surface area (TPSA) is 71.1 Å². The molecular formula is C25H33ClO6. The Balaban J connectivity index is 2.83. The van der Waals surface area contributed by atoms with Crippen molar-refractivity contribution in [1.82, 2.24) is 0 Å². The van der Waals surface area contributed by atoms with E-state index in [2.05, 4.69) is 0 Å². The first-order chi connectivity index (χ1) is 14.8. The van der Waals surface area contributed by atoms with Crippen LogP contribution in [-0.4, -0.2) is 25.2 Å². The molecule has 0 spiro atoms. The van der Waals surface area contributed by atoms with E-state index in [1.54, 1.807) is 45.9 Å². The van der Waals surface area contributed by atoms with Crippen molar-refractivity contribution in [2.45, 2.75) is 61.8 Å². The highest BCUT2D eigenvalue weighted by atomic mass is 35.5. The Morgan fingerprint density at radius 3 is 1.81 bits per heavy atom. The van der Waals surface area contributed by atoms with E-state index >= 15 is 0 Å². The number of fused-ring (bicyclic) bond motifs is 1. The van der Waals surface area contributed by atoms with Crippen LogP contribution in [0.25, 0.3) is 10.8 Å². The number of ether oxygens (including phenoxy) is 4. The zero-order chi connectivity index (χ0) is 24.3. The van der Waals surface area contributed by atoms with Gasteiger partial charge in [-0.1, -0.05) is 32.4 Å². The lowest BCUT2D eigenvalue weighted by molar-refractivity contribution is -0.143. The van der Waals surface area contributed by atoms with Crippen molar-refractivity contribution < 1.29 is 28.5 Å². The van der Waals surface area contributed by atoms with Crippen molar-refractivity contribution in [2.75, 3.05) is 13.2 Å². The summed E-state index contributed by atoms with van der Waals surface area (Å²) >= 11 is 6.27. The monoisotopic (exact) mass is 464 g/mol. The molecule has 6 nitrogen and oxygen atoms in total. The van der Waals surface area contributed by atoms with Gasteiger partial charge in [-0.15, -0.1) is 0 Å². The zero-order valence-corrected chi connectivity index (χ0v) is 20.9. The lowest BCUT2D eigenvalue weighted by atomic mass is 9.92. The minimum atomic E-state index is -0.752. The summed E-state index contributed by atoms with van der Waals surface area (Å²) in [7, 11) is 0. The second-order valence-corrected chi connectivity index (χ2v) is 10.2. The van der Waals surface area contributed by atoms with E-state index in [9.17, 15) is 9.59 Å². The molecule has 0 aliphatic rings. The lowest BCUT2D eigenvalue weighted by Gasteiger charge is -2.24. The van der Waals surface area contributed by atoms with Gasteiger partial charge in [0.15, 0.2) is 11.5 Å². The second-order valence-electron chi connectivity index (χ2n) is 9.72. The van der Waals surface area contributed by atoms with E-state index in [1.807, 2.05) is 27.7 Å². The molecule has 7 heteroatoms. The Morgan fingerprint density at radius 1 is 0.812 bits per heavy atom. The fourth-order valence-electron chi connectivity index (χ4n) is 2.94. The van der Waals surface area contributed by atoms with E-state index in [0.717, 1.165) is 0 Å². The van der Waals surface area contributed by atoms with Crippen molar-refractivity contribution in [2.24, 2.45) is 10.8 Å². The van der Waals surface area contributed by atoms with Crippen molar-refractivity contribution >= 4 is 34.3 Å². The van der Waals surface area contributed by atoms with Gasteiger partial charge in [0, 0.05) is 15.8 Å². The normalized spacial score (nSPS) is 11.9. The quantitative estimate of drug-likeness (QED) is 0.340. The third kappa shape index (κ3) is 6.28. The maximum absolute atomic E-state index is 12.8. The van der Waals surface area contributed by atoms with E-state index in [4.69, 9.17) is 30.5 Å². The second kappa shape index (κ2) is 9.99. The molecule has 0 saturated heterocycles. The Labute approximate surface area is 195 Å². The van der Waals surface area contributed by atoms with Gasteiger partial charge >= 0.3 is 11.9 Å². The molecule has 0 aromatic heterocycles. The molecule has 0 radical (unpaired) electrons. The summed E-state index contributed by atoms with van der Waals surface area (Å²) < 4.78 is 23.4. The minimum Gasteiger partial charge on any atom is -0.487 e. The number of halogens is 1. The Bertz CT molecular complexity index is 998. The zero-order valence-electron chi connectivity index (χ0n) is 20.2. The van der Waals surface area contributed by atoms with Crippen LogP contribution in [0.15, 0.2) is 18.2 Å². The molecule has 0 amide bonds. The number of carbonyl (C=O) groups is 2. The molecule has 0 heterocycles. The molecule has 2 aromatic rings. The van der Waals surface area contributed by atoms with E-state index in [-0.39, 0.29) is 48.0 Å². The van der Waals surface area contributed by atoms with Gasteiger partial charge in [0.1, 0.15) is 0 Å². The van der Waals surface area contributed by atoms with Crippen LogP contribution in [0.3, 0.4) is 0 Å². The van der Waals surface area contributed by atoms with Crippen LogP contribution in [0.1, 0.15) is 61.8 Å². The molecule has 32 heavy (non-hydrogen) atoms. The van der Waals surface area contributed by atoms with Crippen LogP contribution in [0.2, 0.25) is 5.02 Å². The van der Waals surface area contributed by atoms with Crippen molar-refractivity contribution in [3.63, 3.8) is 0 Å². The van der Waals surface area contributed by atoms with E-state index in [1.165, 1.54) is 0 Å². The molecule has 0 atom stereocenters. The average Bonchev–Trinajstić information content (AvgIpc) is 2.64. The summed E-state index contributed by atoms with van der Waals surface area (Å²) in [6.45, 7) is 15.3. The van der Waals surface area contributed by atoms with Crippen molar-refractivity contribution in [3.05, 3.63) is 23.2 Å². The van der Waals surface area contributed by atoms with Crippen LogP contribution >= 0.6 is 11.6 Å². The molecule has 0 aliphatic carbocycles. The smallest absolute Gasteiger partial charge is 0.316 e. The standard InChI is InChI=1S/C25H33ClO6/c1-9-29-21-19(31-18(27)14-24(3,4)5)16-12-11-15(26)13-17(16)20(22(21)30-10-2)32-23(28)25(6,7)8/h11-13H,9-10,14H2,1-8H3. The number of esters is 2. The molecule has 0 fully saturated rings. The molecule has 0 bridgehead atoms. The predicted molar refractivity (Wildman–Crippen MR) is 126 cm³/mol. The largest absolute Gasteiger partial charge is 0.487 e. The van der Waals surface area contributed by atoms with Gasteiger partial charge in [0.05, 0.1) is 25.0 Å². The molecule has 0 unspecified atom stereocenters. The summed E-state index contributed by atoms with van der Waals surface area (Å²) in [5, 5.41) is 1.45. The summed E-state index contributed by atoms with van der Waals surface area (Å²) in [5.74, 6) is -0.0465. The minimum absolute atomic E-state index is 0.184. The van der Waals surface area contributed by atoms with Gasteiger partial charge in [-0.05, 0) is 58.2 Å². The maximum atomic E-state index is 12.8. The van der Waals surface area contributed by atoms with Gasteiger partial charge in [-0.2, -0.15) is 0 Å². The van der Waals surface area contributed by atoms with Gasteiger partial charge in [-0.3, -0.25) is 9.59 Å². The summed E-state index contributed by atoms with van der Waals surface area (Å²) in [6, 6.07) is 5.04.